The van der Waals surface area contributed by atoms with E-state index < -0.39 is 31.9 Å². The number of nitrogens with one attached hydrogen (secondary N) is 1. The molecule has 1 unspecified atom stereocenters. The van der Waals surface area contributed by atoms with Crippen LogP contribution < -0.4 is 11.0 Å². The van der Waals surface area contributed by atoms with E-state index in [0.717, 1.165) is 35.6 Å². The van der Waals surface area contributed by atoms with E-state index in [4.69, 9.17) is 10.5 Å². The number of aromatic nitrogens is 1. The fourth-order valence-electron chi connectivity index (χ4n) is 2.75. The zero-order valence-corrected chi connectivity index (χ0v) is 16.7. The van der Waals surface area contributed by atoms with Gasteiger partial charge < -0.3 is 4.57 Å². The summed E-state index contributed by atoms with van der Waals surface area (Å²) in [4.78, 5) is 24.2. The Balaban J connectivity index is 2.33. The summed E-state index contributed by atoms with van der Waals surface area (Å²) in [7, 11) is -3.93. The van der Waals surface area contributed by atoms with Gasteiger partial charge in [0.15, 0.2) is 14.6 Å². The predicted octanol–water partition coefficient (Wildman–Crippen LogP) is 1.42. The summed E-state index contributed by atoms with van der Waals surface area (Å²) >= 11 is 0. The highest BCUT2D eigenvalue weighted by Gasteiger charge is 2.43. The van der Waals surface area contributed by atoms with Gasteiger partial charge in [-0.3, -0.25) is 14.8 Å². The first-order valence-corrected chi connectivity index (χ1v) is 10.4. The molecule has 1 aromatic carbocycles. The van der Waals surface area contributed by atoms with Gasteiger partial charge in [-0.1, -0.05) is 24.3 Å². The van der Waals surface area contributed by atoms with Gasteiger partial charge in [-0.05, 0) is 24.5 Å². The fraction of sp³-hybridized carbons (Fsp3) is 0.316. The number of carbonyl (C=O) groups excluding carboxylic acids is 1. The van der Waals surface area contributed by atoms with E-state index in [-0.39, 0.29) is 24.9 Å². The van der Waals surface area contributed by atoms with Gasteiger partial charge in [-0.2, -0.15) is 5.26 Å². The van der Waals surface area contributed by atoms with E-state index >= 15 is 0 Å². The lowest BCUT2D eigenvalue weighted by atomic mass is 10.0. The molecule has 0 fully saturated rings. The zero-order valence-electron chi connectivity index (χ0n) is 15.8. The Morgan fingerprint density at radius 1 is 1.34 bits per heavy atom. The van der Waals surface area contributed by atoms with Crippen LogP contribution in [-0.2, 0) is 27.6 Å². The number of amides is 1. The van der Waals surface area contributed by atoms with Gasteiger partial charge in [0, 0.05) is 30.6 Å². The molecule has 0 aliphatic rings. The van der Waals surface area contributed by atoms with Crippen molar-refractivity contribution in [2.24, 2.45) is 0 Å². The second-order valence-corrected chi connectivity index (χ2v) is 9.24. The highest BCUT2D eigenvalue weighted by molar-refractivity contribution is 7.92. The first kappa shape index (κ1) is 22.3. The standard InChI is InChI=1S/C19H20FN3O5S/c1-19(18(25)22-26,29(2,27)28)8-10-23-12-16(20)15(11-17(23)24)14-5-3-13(4-6-14)7-9-21/h3-6,11-12,26H,7-8,10H2,1-2H3,(H,22,25). The highest BCUT2D eigenvalue weighted by Crippen LogP contribution is 2.24. The van der Waals surface area contributed by atoms with Crippen molar-refractivity contribution in [3.63, 3.8) is 0 Å². The summed E-state index contributed by atoms with van der Waals surface area (Å²) in [5, 5.41) is 17.5. The molecule has 0 aliphatic carbocycles. The summed E-state index contributed by atoms with van der Waals surface area (Å²) in [6.45, 7) is 0.862. The summed E-state index contributed by atoms with van der Waals surface area (Å²) in [6.07, 6.45) is 1.65. The molecule has 29 heavy (non-hydrogen) atoms. The number of carbonyl (C=O) groups is 1. The van der Waals surface area contributed by atoms with Crippen LogP contribution in [0.4, 0.5) is 4.39 Å². The minimum atomic E-state index is -3.93. The molecule has 0 saturated carbocycles. The van der Waals surface area contributed by atoms with Crippen molar-refractivity contribution in [3.8, 4) is 17.2 Å². The Kier molecular flexibility index (Phi) is 6.56. The number of hydroxylamine groups is 1. The van der Waals surface area contributed by atoms with E-state index in [1.165, 1.54) is 5.48 Å². The van der Waals surface area contributed by atoms with E-state index in [0.29, 0.717) is 5.56 Å². The van der Waals surface area contributed by atoms with Crippen molar-refractivity contribution in [1.29, 1.82) is 5.26 Å². The molecule has 1 amide bonds. The Morgan fingerprint density at radius 3 is 2.48 bits per heavy atom. The molecular weight excluding hydrogens is 401 g/mol. The maximum Gasteiger partial charge on any atom is 0.264 e. The molecule has 0 saturated heterocycles. The molecule has 0 aliphatic heterocycles. The van der Waals surface area contributed by atoms with E-state index in [1.807, 2.05) is 6.07 Å². The number of benzene rings is 1. The zero-order chi connectivity index (χ0) is 21.8. The Morgan fingerprint density at radius 2 is 1.97 bits per heavy atom. The van der Waals surface area contributed by atoms with Crippen molar-refractivity contribution in [2.45, 2.75) is 31.1 Å². The smallest absolute Gasteiger partial charge is 0.264 e. The molecule has 1 atom stereocenters. The number of aryl methyl sites for hydroxylation is 1. The average Bonchev–Trinajstić information content (AvgIpc) is 2.67. The van der Waals surface area contributed by atoms with Gasteiger partial charge >= 0.3 is 0 Å². The van der Waals surface area contributed by atoms with Crippen LogP contribution in [0.25, 0.3) is 11.1 Å². The van der Waals surface area contributed by atoms with Crippen molar-refractivity contribution in [1.82, 2.24) is 10.0 Å². The van der Waals surface area contributed by atoms with Crippen molar-refractivity contribution in [2.75, 3.05) is 6.26 Å². The minimum Gasteiger partial charge on any atom is -0.312 e. The van der Waals surface area contributed by atoms with Crippen molar-refractivity contribution >= 4 is 15.7 Å². The van der Waals surface area contributed by atoms with Crippen molar-refractivity contribution < 1.29 is 22.8 Å². The van der Waals surface area contributed by atoms with Gasteiger partial charge in [0.2, 0.25) is 0 Å². The first-order chi connectivity index (χ1) is 13.5. The van der Waals surface area contributed by atoms with Crippen LogP contribution in [0.15, 0.2) is 41.3 Å². The van der Waals surface area contributed by atoms with E-state index in [1.54, 1.807) is 24.3 Å². The predicted molar refractivity (Wildman–Crippen MR) is 103 cm³/mol. The normalized spacial score (nSPS) is 13.3. The van der Waals surface area contributed by atoms with Gasteiger partial charge in [0.25, 0.3) is 11.5 Å². The molecule has 2 aromatic rings. The van der Waals surface area contributed by atoms with Crippen LogP contribution in [0.1, 0.15) is 18.9 Å². The fourth-order valence-corrected chi connectivity index (χ4v) is 3.60. The second kappa shape index (κ2) is 8.55. The Hall–Kier alpha value is -3.03. The molecule has 8 nitrogen and oxygen atoms in total. The second-order valence-electron chi connectivity index (χ2n) is 6.79. The number of halogens is 1. The molecule has 0 bridgehead atoms. The third-order valence-electron chi connectivity index (χ3n) is 4.86. The lowest BCUT2D eigenvalue weighted by Crippen LogP contribution is -2.50. The van der Waals surface area contributed by atoms with Crippen LogP contribution in [-0.4, -0.2) is 35.1 Å². The van der Waals surface area contributed by atoms with Gasteiger partial charge in [0.1, 0.15) is 5.82 Å². The number of nitriles is 1. The Labute approximate surface area is 167 Å². The van der Waals surface area contributed by atoms with Crippen LogP contribution >= 0.6 is 0 Å². The molecule has 1 aromatic heterocycles. The number of hydrogen-bond acceptors (Lipinski definition) is 6. The van der Waals surface area contributed by atoms with Gasteiger partial charge in [-0.15, -0.1) is 0 Å². The number of hydrogen-bond donors (Lipinski definition) is 2. The minimum absolute atomic E-state index is 0.0636. The lowest BCUT2D eigenvalue weighted by Gasteiger charge is -2.25. The monoisotopic (exact) mass is 421 g/mol. The summed E-state index contributed by atoms with van der Waals surface area (Å²) < 4.78 is 37.5. The average molecular weight is 421 g/mol. The quantitative estimate of drug-likeness (QED) is 0.514. The highest BCUT2D eigenvalue weighted by atomic mass is 32.2. The summed E-state index contributed by atoms with van der Waals surface area (Å²) in [6, 6.07) is 9.61. The number of nitrogens with zero attached hydrogens (tertiary/aromatic N) is 2. The number of pyridine rings is 1. The third-order valence-corrected chi connectivity index (χ3v) is 6.88. The summed E-state index contributed by atoms with van der Waals surface area (Å²) in [5.74, 6) is -1.84. The molecule has 0 spiro atoms. The molecule has 0 radical (unpaired) electrons. The van der Waals surface area contributed by atoms with Crippen molar-refractivity contribution in [3.05, 3.63) is 58.3 Å². The maximum absolute atomic E-state index is 14.6. The molecule has 1 heterocycles. The Bertz CT molecular complexity index is 1120. The summed E-state index contributed by atoms with van der Waals surface area (Å²) in [5.41, 5.74) is 2.01. The van der Waals surface area contributed by atoms with Gasteiger partial charge in [-0.25, -0.2) is 18.3 Å². The molecule has 10 heteroatoms. The topological polar surface area (TPSA) is 129 Å². The third kappa shape index (κ3) is 4.70. The van der Waals surface area contributed by atoms with Crippen LogP contribution in [0.3, 0.4) is 0 Å². The lowest BCUT2D eigenvalue weighted by molar-refractivity contribution is -0.131. The van der Waals surface area contributed by atoms with Crippen LogP contribution in [0, 0.1) is 17.1 Å². The number of rotatable bonds is 7. The van der Waals surface area contributed by atoms with Crippen LogP contribution in [0.5, 0.6) is 0 Å². The van der Waals surface area contributed by atoms with E-state index in [2.05, 4.69) is 0 Å². The SMILES string of the molecule is CC(CCn1cc(F)c(-c2ccc(CC#N)cc2)cc1=O)(C(=O)NO)S(C)(=O)=O. The van der Waals surface area contributed by atoms with Gasteiger partial charge in [0.05, 0.1) is 12.5 Å². The maximum atomic E-state index is 14.6. The molecular formula is C19H20FN3O5S. The number of sulfone groups is 1. The van der Waals surface area contributed by atoms with E-state index in [9.17, 15) is 22.4 Å². The molecule has 154 valence electrons. The molecule has 2 rings (SSSR count). The first-order valence-electron chi connectivity index (χ1n) is 8.54. The molecule has 2 N–H and O–H groups in total. The largest absolute Gasteiger partial charge is 0.312 e. The van der Waals surface area contributed by atoms with Crippen LogP contribution in [0.2, 0.25) is 0 Å².